The van der Waals surface area contributed by atoms with Gasteiger partial charge in [0.05, 0.1) is 23.6 Å². The standard InChI is InChI=1S/C18H19F3N4O2/c1-11-4-6-14-16(25(3)10-24(14)2)13(11)9-23-17(26)12-5-7-15(22-8-12)27-18(19,20)21/h4-8H,9-10H2,1-3H3,(H,23,26). The van der Waals surface area contributed by atoms with Gasteiger partial charge in [0.25, 0.3) is 5.91 Å². The summed E-state index contributed by atoms with van der Waals surface area (Å²) in [6, 6.07) is 6.30. The average Bonchev–Trinajstić information content (AvgIpc) is 2.87. The van der Waals surface area contributed by atoms with Crippen LogP contribution in [0.5, 0.6) is 5.88 Å². The molecule has 1 aromatic heterocycles. The van der Waals surface area contributed by atoms with E-state index in [-0.39, 0.29) is 5.56 Å². The highest BCUT2D eigenvalue weighted by atomic mass is 19.4. The first-order chi connectivity index (χ1) is 12.7. The number of fused-ring (bicyclic) bond motifs is 1. The van der Waals surface area contributed by atoms with Gasteiger partial charge in [-0.1, -0.05) is 6.07 Å². The van der Waals surface area contributed by atoms with Crippen LogP contribution in [0.25, 0.3) is 0 Å². The topological polar surface area (TPSA) is 57.7 Å². The minimum absolute atomic E-state index is 0.153. The van der Waals surface area contributed by atoms with Gasteiger partial charge in [0.1, 0.15) is 0 Å². The Bertz CT molecular complexity index is 853. The van der Waals surface area contributed by atoms with Crippen molar-refractivity contribution >= 4 is 17.3 Å². The number of aryl methyl sites for hydroxylation is 1. The van der Waals surface area contributed by atoms with Crippen molar-refractivity contribution in [3.05, 3.63) is 47.2 Å². The van der Waals surface area contributed by atoms with Gasteiger partial charge in [-0.3, -0.25) is 4.79 Å². The molecule has 27 heavy (non-hydrogen) atoms. The fourth-order valence-corrected chi connectivity index (χ4v) is 3.11. The van der Waals surface area contributed by atoms with Crippen molar-refractivity contribution in [1.29, 1.82) is 0 Å². The van der Waals surface area contributed by atoms with Crippen molar-refractivity contribution in [2.45, 2.75) is 19.8 Å². The normalized spacial score (nSPS) is 13.6. The Morgan fingerprint density at radius 3 is 2.59 bits per heavy atom. The molecule has 0 radical (unpaired) electrons. The number of halogens is 3. The molecule has 0 saturated heterocycles. The largest absolute Gasteiger partial charge is 0.574 e. The van der Waals surface area contributed by atoms with E-state index in [1.807, 2.05) is 33.2 Å². The summed E-state index contributed by atoms with van der Waals surface area (Å²) in [5, 5.41) is 2.80. The van der Waals surface area contributed by atoms with E-state index in [2.05, 4.69) is 24.8 Å². The second kappa shape index (κ2) is 6.98. The number of benzene rings is 1. The number of carbonyl (C=O) groups excluding carboxylic acids is 1. The molecule has 9 heteroatoms. The first-order valence-electron chi connectivity index (χ1n) is 8.20. The second-order valence-corrected chi connectivity index (χ2v) is 6.38. The summed E-state index contributed by atoms with van der Waals surface area (Å²) in [4.78, 5) is 20.1. The third kappa shape index (κ3) is 4.07. The van der Waals surface area contributed by atoms with Crippen LogP contribution in [-0.2, 0) is 6.54 Å². The van der Waals surface area contributed by atoms with E-state index in [1.165, 1.54) is 6.07 Å². The molecular formula is C18H19F3N4O2. The molecule has 2 heterocycles. The molecule has 0 bridgehead atoms. The van der Waals surface area contributed by atoms with E-state index in [0.717, 1.165) is 41.4 Å². The number of hydrogen-bond donors (Lipinski definition) is 1. The Morgan fingerprint density at radius 2 is 1.96 bits per heavy atom. The van der Waals surface area contributed by atoms with Crippen molar-refractivity contribution in [2.24, 2.45) is 0 Å². The number of hydrogen-bond acceptors (Lipinski definition) is 5. The highest BCUT2D eigenvalue weighted by Gasteiger charge is 2.31. The van der Waals surface area contributed by atoms with E-state index in [4.69, 9.17) is 0 Å². The number of carbonyl (C=O) groups is 1. The maximum atomic E-state index is 12.3. The van der Waals surface area contributed by atoms with E-state index >= 15 is 0 Å². The summed E-state index contributed by atoms with van der Waals surface area (Å²) in [5.74, 6) is -1.03. The van der Waals surface area contributed by atoms with Crippen LogP contribution in [-0.4, -0.2) is 38.0 Å². The molecule has 1 aliphatic heterocycles. The highest BCUT2D eigenvalue weighted by Crippen LogP contribution is 2.38. The Hall–Kier alpha value is -2.97. The maximum absolute atomic E-state index is 12.3. The van der Waals surface area contributed by atoms with Crippen LogP contribution in [0.1, 0.15) is 21.5 Å². The third-order valence-corrected chi connectivity index (χ3v) is 4.36. The van der Waals surface area contributed by atoms with Crippen LogP contribution in [0, 0.1) is 6.92 Å². The lowest BCUT2D eigenvalue weighted by molar-refractivity contribution is -0.276. The number of rotatable bonds is 4. The molecule has 6 nitrogen and oxygen atoms in total. The van der Waals surface area contributed by atoms with Gasteiger partial charge < -0.3 is 19.9 Å². The van der Waals surface area contributed by atoms with Gasteiger partial charge in [-0.2, -0.15) is 0 Å². The summed E-state index contributed by atoms with van der Waals surface area (Å²) in [5.41, 5.74) is 4.34. The summed E-state index contributed by atoms with van der Waals surface area (Å²) in [7, 11) is 3.98. The zero-order valence-electron chi connectivity index (χ0n) is 15.1. The van der Waals surface area contributed by atoms with Gasteiger partial charge in [0, 0.05) is 32.9 Å². The number of ether oxygens (including phenoxy) is 1. The van der Waals surface area contributed by atoms with Crippen LogP contribution in [0.3, 0.4) is 0 Å². The molecule has 0 aliphatic carbocycles. The first-order valence-corrected chi connectivity index (χ1v) is 8.20. The number of aromatic nitrogens is 1. The SMILES string of the molecule is Cc1ccc2c(c1CNC(=O)c1ccc(OC(F)(F)F)nc1)N(C)CN2C. The van der Waals surface area contributed by atoms with E-state index in [0.29, 0.717) is 6.54 Å². The molecule has 0 atom stereocenters. The van der Waals surface area contributed by atoms with E-state index < -0.39 is 18.1 Å². The maximum Gasteiger partial charge on any atom is 0.574 e. The molecule has 0 spiro atoms. The molecule has 144 valence electrons. The molecular weight excluding hydrogens is 361 g/mol. The highest BCUT2D eigenvalue weighted by molar-refractivity contribution is 5.94. The summed E-state index contributed by atoms with van der Waals surface area (Å²) >= 11 is 0. The molecule has 0 unspecified atom stereocenters. The summed E-state index contributed by atoms with van der Waals surface area (Å²) in [6.07, 6.45) is -3.76. The first kappa shape index (κ1) is 18.8. The summed E-state index contributed by atoms with van der Waals surface area (Å²) in [6.45, 7) is 3.02. The minimum atomic E-state index is -4.82. The number of alkyl halides is 3. The molecule has 1 amide bonds. The van der Waals surface area contributed by atoms with Crippen LogP contribution >= 0.6 is 0 Å². The zero-order chi connectivity index (χ0) is 19.8. The van der Waals surface area contributed by atoms with Gasteiger partial charge in [-0.25, -0.2) is 4.98 Å². The van der Waals surface area contributed by atoms with Crippen molar-refractivity contribution in [1.82, 2.24) is 10.3 Å². The lowest BCUT2D eigenvalue weighted by Crippen LogP contribution is -2.26. The quantitative estimate of drug-likeness (QED) is 0.884. The lowest BCUT2D eigenvalue weighted by atomic mass is 10.0. The number of anilines is 2. The van der Waals surface area contributed by atoms with Gasteiger partial charge >= 0.3 is 6.36 Å². The van der Waals surface area contributed by atoms with Crippen LogP contribution in [0.4, 0.5) is 24.5 Å². The lowest BCUT2D eigenvalue weighted by Gasteiger charge is -2.18. The third-order valence-electron chi connectivity index (χ3n) is 4.36. The molecule has 0 saturated carbocycles. The van der Waals surface area contributed by atoms with Crippen LogP contribution in [0.2, 0.25) is 0 Å². The predicted molar refractivity (Wildman–Crippen MR) is 94.9 cm³/mol. The van der Waals surface area contributed by atoms with Crippen molar-refractivity contribution in [3.8, 4) is 5.88 Å². The van der Waals surface area contributed by atoms with Crippen molar-refractivity contribution < 1.29 is 22.7 Å². The molecule has 0 fully saturated rings. The van der Waals surface area contributed by atoms with Crippen molar-refractivity contribution in [3.63, 3.8) is 0 Å². The zero-order valence-corrected chi connectivity index (χ0v) is 15.1. The number of pyridine rings is 1. The second-order valence-electron chi connectivity index (χ2n) is 6.38. The van der Waals surface area contributed by atoms with E-state index in [9.17, 15) is 18.0 Å². The molecule has 3 rings (SSSR count). The number of nitrogens with zero attached hydrogens (tertiary/aromatic N) is 3. The van der Waals surface area contributed by atoms with E-state index in [1.54, 1.807) is 0 Å². The fraction of sp³-hybridized carbons (Fsp3) is 0.333. The minimum Gasteiger partial charge on any atom is -0.388 e. The van der Waals surface area contributed by atoms with Gasteiger partial charge in [0.15, 0.2) is 0 Å². The monoisotopic (exact) mass is 380 g/mol. The molecule has 1 aliphatic rings. The Labute approximate surface area is 154 Å². The molecule has 1 N–H and O–H groups in total. The van der Waals surface area contributed by atoms with Gasteiger partial charge in [-0.05, 0) is 30.2 Å². The van der Waals surface area contributed by atoms with Crippen LogP contribution < -0.4 is 19.9 Å². The fourth-order valence-electron chi connectivity index (χ4n) is 3.11. The predicted octanol–water partition coefficient (Wildman–Crippen LogP) is 3.06. The Balaban J connectivity index is 1.72. The molecule has 1 aromatic carbocycles. The summed E-state index contributed by atoms with van der Waals surface area (Å²) < 4.78 is 40.2. The van der Waals surface area contributed by atoms with Gasteiger partial charge in [0.2, 0.25) is 5.88 Å². The Morgan fingerprint density at radius 1 is 1.22 bits per heavy atom. The Kier molecular flexibility index (Phi) is 4.86. The number of amides is 1. The van der Waals surface area contributed by atoms with Crippen LogP contribution in [0.15, 0.2) is 30.5 Å². The number of nitrogens with one attached hydrogen (secondary N) is 1. The van der Waals surface area contributed by atoms with Crippen molar-refractivity contribution in [2.75, 3.05) is 30.6 Å². The van der Waals surface area contributed by atoms with Gasteiger partial charge in [-0.15, -0.1) is 13.2 Å². The smallest absolute Gasteiger partial charge is 0.388 e. The average molecular weight is 380 g/mol. The molecule has 2 aromatic rings.